The molecule has 31 heavy (non-hydrogen) atoms. The van der Waals surface area contributed by atoms with Crippen LogP contribution >= 0.6 is 90.4 Å². The summed E-state index contributed by atoms with van der Waals surface area (Å²) in [6.07, 6.45) is 0.829. The summed E-state index contributed by atoms with van der Waals surface area (Å²) in [6, 6.07) is 23.2. The lowest BCUT2D eigenvalue weighted by atomic mass is 9.98. The molecule has 156 valence electrons. The van der Waals surface area contributed by atoms with Crippen molar-refractivity contribution in [3.05, 3.63) is 110 Å². The lowest BCUT2D eigenvalue weighted by Crippen LogP contribution is -1.93. The Kier molecular flexibility index (Phi) is 7.90. The Balaban J connectivity index is 1.54. The zero-order valence-electron chi connectivity index (χ0n) is 15.9. The third-order valence-corrected chi connectivity index (χ3v) is 8.31. The van der Waals surface area contributed by atoms with Crippen LogP contribution in [0.2, 0.25) is 0 Å². The highest BCUT2D eigenvalue weighted by molar-refractivity contribution is 14.1. The Morgan fingerprint density at radius 1 is 0.484 bits per heavy atom. The summed E-state index contributed by atoms with van der Waals surface area (Å²) < 4.78 is 30.9. The van der Waals surface area contributed by atoms with E-state index in [1.807, 2.05) is 0 Å². The Hall–Kier alpha value is -0.340. The largest absolute Gasteiger partial charge is 0.207 e. The molecule has 0 aromatic heterocycles. The summed E-state index contributed by atoms with van der Waals surface area (Å²) in [6.45, 7) is 0. The van der Waals surface area contributed by atoms with Crippen molar-refractivity contribution in [3.8, 4) is 22.3 Å². The van der Waals surface area contributed by atoms with Crippen LogP contribution in [0.5, 0.6) is 0 Å². The van der Waals surface area contributed by atoms with E-state index < -0.39 is 0 Å². The second-order valence-electron chi connectivity index (χ2n) is 7.06. The van der Waals surface area contributed by atoms with Crippen LogP contribution in [0.25, 0.3) is 22.3 Å². The minimum atomic E-state index is -0.206. The van der Waals surface area contributed by atoms with Crippen molar-refractivity contribution in [2.45, 2.75) is 6.42 Å². The van der Waals surface area contributed by atoms with Crippen molar-refractivity contribution < 1.29 is 8.78 Å². The monoisotopic (exact) mass is 860 g/mol. The molecular weight excluding hydrogens is 846 g/mol. The Bertz CT molecular complexity index is 1100. The number of hydrogen-bond donors (Lipinski definition) is 0. The van der Waals surface area contributed by atoms with Crippen LogP contribution in [0, 0.1) is 25.9 Å². The summed E-state index contributed by atoms with van der Waals surface area (Å²) in [5.74, 6) is -0.412. The van der Waals surface area contributed by atoms with E-state index in [9.17, 15) is 8.78 Å². The average Bonchev–Trinajstić information content (AvgIpc) is 2.69. The fourth-order valence-electron chi connectivity index (χ4n) is 3.45. The van der Waals surface area contributed by atoms with Gasteiger partial charge in [0, 0.05) is 25.4 Å². The van der Waals surface area contributed by atoms with Crippen LogP contribution in [-0.4, -0.2) is 0 Å². The molecule has 6 heteroatoms. The molecule has 0 spiro atoms. The number of hydrogen-bond acceptors (Lipinski definition) is 0. The molecule has 0 radical (unpaired) electrons. The van der Waals surface area contributed by atoms with Crippen LogP contribution < -0.4 is 0 Å². The molecule has 0 bridgehead atoms. The Morgan fingerprint density at radius 3 is 1.06 bits per heavy atom. The van der Waals surface area contributed by atoms with E-state index in [2.05, 4.69) is 139 Å². The topological polar surface area (TPSA) is 0 Å². The molecule has 0 atom stereocenters. The molecule has 0 heterocycles. The van der Waals surface area contributed by atoms with Gasteiger partial charge < -0.3 is 0 Å². The van der Waals surface area contributed by atoms with Crippen LogP contribution in [0.1, 0.15) is 11.1 Å². The number of benzene rings is 4. The third-order valence-electron chi connectivity index (χ3n) is 4.91. The highest BCUT2D eigenvalue weighted by atomic mass is 127. The molecular formula is C25H14F2I4. The van der Waals surface area contributed by atoms with Crippen molar-refractivity contribution in [2.75, 3.05) is 0 Å². The lowest BCUT2D eigenvalue weighted by molar-refractivity contribution is 0.625. The van der Waals surface area contributed by atoms with Crippen molar-refractivity contribution in [1.82, 2.24) is 0 Å². The summed E-state index contributed by atoms with van der Waals surface area (Å²) in [7, 11) is 0. The van der Waals surface area contributed by atoms with E-state index in [1.165, 1.54) is 11.1 Å². The maximum Gasteiger partial charge on any atom is 0.125 e. The van der Waals surface area contributed by atoms with Gasteiger partial charge in [0.05, 0.1) is 0 Å². The minimum absolute atomic E-state index is 0.206. The molecule has 0 N–H and O–H groups in total. The van der Waals surface area contributed by atoms with Gasteiger partial charge in [-0.2, -0.15) is 0 Å². The fraction of sp³-hybridized carbons (Fsp3) is 0.0400. The maximum absolute atomic E-state index is 13.6. The van der Waals surface area contributed by atoms with Gasteiger partial charge in [-0.1, -0.05) is 48.5 Å². The summed E-state index contributed by atoms with van der Waals surface area (Å²) >= 11 is 8.76. The van der Waals surface area contributed by atoms with Gasteiger partial charge in [0.2, 0.25) is 0 Å². The first-order valence-corrected chi connectivity index (χ1v) is 13.6. The molecule has 4 aromatic rings. The maximum atomic E-state index is 13.6. The minimum Gasteiger partial charge on any atom is -0.207 e. The summed E-state index contributed by atoms with van der Waals surface area (Å²) in [5.41, 5.74) is 6.76. The summed E-state index contributed by atoms with van der Waals surface area (Å²) in [5, 5.41) is 0. The molecule has 0 aliphatic carbocycles. The molecule has 0 unspecified atom stereocenters. The van der Waals surface area contributed by atoms with Gasteiger partial charge in [0.25, 0.3) is 0 Å². The van der Waals surface area contributed by atoms with Crippen molar-refractivity contribution in [3.63, 3.8) is 0 Å². The number of rotatable bonds is 4. The molecule has 0 nitrogen and oxygen atoms in total. The quantitative estimate of drug-likeness (QED) is 0.180. The van der Waals surface area contributed by atoms with E-state index in [4.69, 9.17) is 0 Å². The van der Waals surface area contributed by atoms with Gasteiger partial charge in [0.1, 0.15) is 11.6 Å². The van der Waals surface area contributed by atoms with Gasteiger partial charge in [-0.25, -0.2) is 8.78 Å². The van der Waals surface area contributed by atoms with E-state index >= 15 is 0 Å². The molecule has 0 aliphatic rings. The Labute approximate surface area is 234 Å². The van der Waals surface area contributed by atoms with Gasteiger partial charge in [-0.3, -0.25) is 0 Å². The first-order chi connectivity index (χ1) is 14.8. The van der Waals surface area contributed by atoms with Gasteiger partial charge >= 0.3 is 0 Å². The predicted octanol–water partition coefficient (Wildman–Crippen LogP) is 9.31. The standard InChI is InChI=1S/C25H14F2I4/c26-18-10-20(28)24(21(29)11-18)16-5-1-14(2-6-16)9-15-3-7-17(8-4-15)25-22(30)12-19(27)13-23(25)31/h1-8,10-13H,9H2. The molecule has 0 saturated heterocycles. The normalized spacial score (nSPS) is 11.0. The van der Waals surface area contributed by atoms with E-state index in [0.717, 1.165) is 43.0 Å². The molecule has 0 fully saturated rings. The average molecular weight is 860 g/mol. The van der Waals surface area contributed by atoms with Crippen LogP contribution in [-0.2, 0) is 6.42 Å². The second kappa shape index (κ2) is 10.3. The molecule has 0 saturated carbocycles. The first-order valence-electron chi connectivity index (χ1n) is 9.29. The van der Waals surface area contributed by atoms with E-state index in [-0.39, 0.29) is 11.6 Å². The smallest absolute Gasteiger partial charge is 0.125 e. The van der Waals surface area contributed by atoms with Crippen LogP contribution in [0.15, 0.2) is 72.8 Å². The zero-order chi connectivity index (χ0) is 22.1. The van der Waals surface area contributed by atoms with Gasteiger partial charge in [-0.05, 0) is 143 Å². The lowest BCUT2D eigenvalue weighted by Gasteiger charge is -2.11. The molecule has 0 amide bonds. The van der Waals surface area contributed by atoms with E-state index in [0.29, 0.717) is 0 Å². The second-order valence-corrected chi connectivity index (χ2v) is 11.7. The molecule has 4 rings (SSSR count). The van der Waals surface area contributed by atoms with Crippen LogP contribution in [0.3, 0.4) is 0 Å². The Morgan fingerprint density at radius 2 is 0.774 bits per heavy atom. The van der Waals surface area contributed by atoms with Crippen molar-refractivity contribution in [2.24, 2.45) is 0 Å². The van der Waals surface area contributed by atoms with Crippen molar-refractivity contribution >= 4 is 90.4 Å². The third kappa shape index (κ3) is 5.60. The fourth-order valence-corrected chi connectivity index (χ4v) is 8.08. The van der Waals surface area contributed by atoms with Crippen LogP contribution in [0.4, 0.5) is 8.78 Å². The highest BCUT2D eigenvalue weighted by Gasteiger charge is 2.12. The predicted molar refractivity (Wildman–Crippen MR) is 157 cm³/mol. The SMILES string of the molecule is Fc1cc(I)c(-c2ccc(Cc3ccc(-c4c(I)cc(F)cc4I)cc3)cc2)c(I)c1. The summed E-state index contributed by atoms with van der Waals surface area (Å²) in [4.78, 5) is 0. The van der Waals surface area contributed by atoms with Crippen molar-refractivity contribution in [1.29, 1.82) is 0 Å². The highest BCUT2D eigenvalue weighted by Crippen LogP contribution is 2.33. The van der Waals surface area contributed by atoms with Gasteiger partial charge in [0.15, 0.2) is 0 Å². The number of halogens is 6. The zero-order valence-corrected chi connectivity index (χ0v) is 24.5. The van der Waals surface area contributed by atoms with Gasteiger partial charge in [-0.15, -0.1) is 0 Å². The molecule has 0 aliphatic heterocycles. The first kappa shape index (κ1) is 23.8. The molecule has 4 aromatic carbocycles. The van der Waals surface area contributed by atoms with E-state index in [1.54, 1.807) is 24.3 Å².